The Labute approximate surface area is 110 Å². The molecule has 1 heterocycles. The first-order valence-electron chi connectivity index (χ1n) is 5.90. The monoisotopic (exact) mass is 265 g/mol. The fourth-order valence-corrected chi connectivity index (χ4v) is 1.76. The van der Waals surface area contributed by atoms with E-state index in [9.17, 15) is 9.59 Å². The molecule has 0 aromatic heterocycles. The molecule has 1 amide bonds. The summed E-state index contributed by atoms with van der Waals surface area (Å²) in [6.45, 7) is 2.40. The van der Waals surface area contributed by atoms with Crippen molar-refractivity contribution < 1.29 is 23.8 Å². The Hall–Kier alpha value is -2.24. The maximum atomic E-state index is 12.1. The van der Waals surface area contributed by atoms with E-state index in [0.29, 0.717) is 30.3 Å². The Balaban J connectivity index is 2.18. The summed E-state index contributed by atoms with van der Waals surface area (Å²) in [4.78, 5) is 23.4. The zero-order valence-corrected chi connectivity index (χ0v) is 10.8. The number of hydrogen-bond acceptors (Lipinski definition) is 5. The molecule has 2 rings (SSSR count). The van der Waals surface area contributed by atoms with Crippen LogP contribution in [-0.2, 0) is 9.53 Å². The van der Waals surface area contributed by atoms with Crippen molar-refractivity contribution in [2.24, 2.45) is 0 Å². The molecule has 6 heteroatoms. The van der Waals surface area contributed by atoms with Gasteiger partial charge in [-0.2, -0.15) is 0 Å². The molecular weight excluding hydrogens is 250 g/mol. The van der Waals surface area contributed by atoms with E-state index in [0.717, 1.165) is 0 Å². The minimum Gasteiger partial charge on any atom is -0.486 e. The van der Waals surface area contributed by atoms with Gasteiger partial charge in [-0.15, -0.1) is 0 Å². The van der Waals surface area contributed by atoms with Crippen LogP contribution in [-0.4, -0.2) is 38.2 Å². The van der Waals surface area contributed by atoms with Crippen LogP contribution in [0.5, 0.6) is 11.5 Å². The topological polar surface area (TPSA) is 73.9 Å². The van der Waals surface area contributed by atoms with E-state index in [4.69, 9.17) is 9.47 Å². The highest BCUT2D eigenvalue weighted by Crippen LogP contribution is 2.33. The van der Waals surface area contributed by atoms with E-state index in [1.165, 1.54) is 7.11 Å². The van der Waals surface area contributed by atoms with E-state index in [1.807, 2.05) is 0 Å². The summed E-state index contributed by atoms with van der Waals surface area (Å²) in [6, 6.07) is 4.32. The van der Waals surface area contributed by atoms with Crippen molar-refractivity contribution >= 4 is 11.9 Å². The van der Waals surface area contributed by atoms with Gasteiger partial charge >= 0.3 is 5.97 Å². The van der Waals surface area contributed by atoms with E-state index in [1.54, 1.807) is 25.1 Å². The first-order valence-corrected chi connectivity index (χ1v) is 5.90. The van der Waals surface area contributed by atoms with Gasteiger partial charge in [0.25, 0.3) is 5.91 Å². The molecular formula is C13H15NO5. The number of methoxy groups -OCH3 is 1. The van der Waals surface area contributed by atoms with Crippen molar-refractivity contribution in [2.45, 2.75) is 13.0 Å². The number of para-hydroxylation sites is 1. The molecule has 6 nitrogen and oxygen atoms in total. The highest BCUT2D eigenvalue weighted by molar-refractivity contribution is 5.99. The van der Waals surface area contributed by atoms with Gasteiger partial charge in [-0.1, -0.05) is 6.07 Å². The lowest BCUT2D eigenvalue weighted by atomic mass is 10.1. The van der Waals surface area contributed by atoms with Crippen LogP contribution in [0.4, 0.5) is 0 Å². The lowest BCUT2D eigenvalue weighted by Crippen LogP contribution is -2.39. The number of carbonyl (C=O) groups is 2. The van der Waals surface area contributed by atoms with Crippen LogP contribution < -0.4 is 14.8 Å². The van der Waals surface area contributed by atoms with Crippen molar-refractivity contribution in [3.8, 4) is 11.5 Å². The zero-order chi connectivity index (χ0) is 13.8. The second-order valence-corrected chi connectivity index (χ2v) is 4.05. The summed E-state index contributed by atoms with van der Waals surface area (Å²) in [7, 11) is 1.27. The number of esters is 1. The molecule has 0 bridgehead atoms. The fourth-order valence-electron chi connectivity index (χ4n) is 1.76. The van der Waals surface area contributed by atoms with E-state index >= 15 is 0 Å². The van der Waals surface area contributed by atoms with Crippen molar-refractivity contribution in [3.63, 3.8) is 0 Å². The standard InChI is InChI=1S/C13H15NO5/c1-8(13(16)17-2)14-12(15)9-4-3-5-10-11(9)19-7-6-18-10/h3-5,8H,6-7H2,1-2H3,(H,14,15)/t8-/m0/s1. The lowest BCUT2D eigenvalue weighted by Gasteiger charge is -2.21. The number of rotatable bonds is 3. The lowest BCUT2D eigenvalue weighted by molar-refractivity contribution is -0.142. The molecule has 1 N–H and O–H groups in total. The SMILES string of the molecule is COC(=O)[C@H](C)NC(=O)c1cccc2c1OCCO2. The van der Waals surface area contributed by atoms with E-state index in [2.05, 4.69) is 10.1 Å². The van der Waals surface area contributed by atoms with Crippen LogP contribution >= 0.6 is 0 Å². The number of benzene rings is 1. The summed E-state index contributed by atoms with van der Waals surface area (Å²) >= 11 is 0. The van der Waals surface area contributed by atoms with Gasteiger partial charge in [-0.3, -0.25) is 4.79 Å². The summed E-state index contributed by atoms with van der Waals surface area (Å²) in [5.41, 5.74) is 0.341. The Morgan fingerprint density at radius 1 is 1.32 bits per heavy atom. The molecule has 0 aliphatic carbocycles. The highest BCUT2D eigenvalue weighted by Gasteiger charge is 2.23. The van der Waals surface area contributed by atoms with Crippen LogP contribution in [0.2, 0.25) is 0 Å². The number of ether oxygens (including phenoxy) is 3. The Kier molecular flexibility index (Phi) is 3.89. The van der Waals surface area contributed by atoms with Gasteiger partial charge in [0.05, 0.1) is 12.7 Å². The predicted octanol–water partition coefficient (Wildman–Crippen LogP) is 0.749. The molecule has 0 fully saturated rings. The van der Waals surface area contributed by atoms with Crippen LogP contribution in [0.15, 0.2) is 18.2 Å². The average molecular weight is 265 g/mol. The number of fused-ring (bicyclic) bond motifs is 1. The third-order valence-corrected chi connectivity index (χ3v) is 2.71. The maximum Gasteiger partial charge on any atom is 0.328 e. The smallest absolute Gasteiger partial charge is 0.328 e. The number of hydrogen-bond donors (Lipinski definition) is 1. The van der Waals surface area contributed by atoms with Gasteiger partial charge in [-0.25, -0.2) is 4.79 Å². The summed E-state index contributed by atoms with van der Waals surface area (Å²) in [5, 5.41) is 2.55. The second kappa shape index (κ2) is 5.60. The highest BCUT2D eigenvalue weighted by atomic mass is 16.6. The molecule has 0 unspecified atom stereocenters. The molecule has 1 aliphatic heterocycles. The molecule has 1 aromatic carbocycles. The van der Waals surface area contributed by atoms with Crippen LogP contribution in [0.25, 0.3) is 0 Å². The van der Waals surface area contributed by atoms with Crippen LogP contribution in [0.3, 0.4) is 0 Å². The molecule has 19 heavy (non-hydrogen) atoms. The average Bonchev–Trinajstić information content (AvgIpc) is 2.45. The van der Waals surface area contributed by atoms with E-state index in [-0.39, 0.29) is 0 Å². The fraction of sp³-hybridized carbons (Fsp3) is 0.385. The summed E-state index contributed by atoms with van der Waals surface area (Å²) in [6.07, 6.45) is 0. The molecule has 1 aromatic rings. The number of carbonyl (C=O) groups excluding carboxylic acids is 2. The van der Waals surface area contributed by atoms with Gasteiger partial charge in [-0.05, 0) is 19.1 Å². The van der Waals surface area contributed by atoms with Crippen LogP contribution in [0.1, 0.15) is 17.3 Å². The van der Waals surface area contributed by atoms with Gasteiger partial charge < -0.3 is 19.5 Å². The van der Waals surface area contributed by atoms with Gasteiger partial charge in [0.1, 0.15) is 19.3 Å². The quantitative estimate of drug-likeness (QED) is 0.816. The summed E-state index contributed by atoms with van der Waals surface area (Å²) < 4.78 is 15.4. The third-order valence-electron chi connectivity index (χ3n) is 2.71. The minimum absolute atomic E-state index is 0.341. The number of nitrogens with one attached hydrogen (secondary N) is 1. The van der Waals surface area contributed by atoms with Crippen molar-refractivity contribution in [1.29, 1.82) is 0 Å². The first kappa shape index (κ1) is 13.2. The van der Waals surface area contributed by atoms with Gasteiger partial charge in [0, 0.05) is 0 Å². The minimum atomic E-state index is -0.724. The first-order chi connectivity index (χ1) is 9.13. The molecule has 0 spiro atoms. The van der Waals surface area contributed by atoms with Crippen molar-refractivity contribution in [1.82, 2.24) is 5.32 Å². The largest absolute Gasteiger partial charge is 0.486 e. The van der Waals surface area contributed by atoms with Crippen molar-refractivity contribution in [3.05, 3.63) is 23.8 Å². The molecule has 0 radical (unpaired) electrons. The second-order valence-electron chi connectivity index (χ2n) is 4.05. The molecule has 0 saturated heterocycles. The van der Waals surface area contributed by atoms with Crippen LogP contribution in [0, 0.1) is 0 Å². The Bertz CT molecular complexity index is 500. The zero-order valence-electron chi connectivity index (χ0n) is 10.8. The normalized spacial score (nSPS) is 14.4. The molecule has 1 aliphatic rings. The Morgan fingerprint density at radius 3 is 2.79 bits per heavy atom. The van der Waals surface area contributed by atoms with E-state index < -0.39 is 17.9 Å². The third kappa shape index (κ3) is 2.78. The molecule has 0 saturated carbocycles. The summed E-state index contributed by atoms with van der Waals surface area (Å²) in [5.74, 6) is 0.0310. The predicted molar refractivity (Wildman–Crippen MR) is 66.4 cm³/mol. The van der Waals surface area contributed by atoms with Gasteiger partial charge in [0.15, 0.2) is 11.5 Å². The number of amides is 1. The molecule has 1 atom stereocenters. The van der Waals surface area contributed by atoms with Crippen molar-refractivity contribution in [2.75, 3.05) is 20.3 Å². The molecule has 102 valence electrons. The van der Waals surface area contributed by atoms with Gasteiger partial charge in [0.2, 0.25) is 0 Å². The maximum absolute atomic E-state index is 12.1. The Morgan fingerprint density at radius 2 is 2.05 bits per heavy atom.